The average molecular weight is 267 g/mol. The fraction of sp³-hybridized carbons (Fsp3) is 0.933. The molecule has 1 aliphatic heterocycles. The van der Waals surface area contributed by atoms with Crippen molar-refractivity contribution in [1.29, 1.82) is 0 Å². The Balaban J connectivity index is 1.64. The number of carbonyl (C=O) groups excluding carboxylic acids is 1. The summed E-state index contributed by atoms with van der Waals surface area (Å²) in [6.45, 7) is 8.23. The fourth-order valence-electron chi connectivity index (χ4n) is 2.73. The van der Waals surface area contributed by atoms with Crippen LogP contribution < -0.4 is 10.6 Å². The molecule has 1 heterocycles. The van der Waals surface area contributed by atoms with E-state index in [0.29, 0.717) is 0 Å². The topological polar surface area (TPSA) is 44.4 Å². The van der Waals surface area contributed by atoms with E-state index in [2.05, 4.69) is 22.5 Å². The lowest BCUT2D eigenvalue weighted by Gasteiger charge is -2.35. The maximum atomic E-state index is 11.9. The average Bonchev–Trinajstić information content (AvgIpc) is 3.26. The van der Waals surface area contributed by atoms with E-state index in [0.717, 1.165) is 38.0 Å². The molecule has 4 heteroatoms. The van der Waals surface area contributed by atoms with Gasteiger partial charge in [0.15, 0.2) is 0 Å². The van der Waals surface area contributed by atoms with Crippen molar-refractivity contribution in [2.75, 3.05) is 26.2 Å². The van der Waals surface area contributed by atoms with Gasteiger partial charge < -0.3 is 10.6 Å². The molecule has 2 aliphatic rings. The van der Waals surface area contributed by atoms with E-state index in [1.807, 2.05) is 6.92 Å². The fourth-order valence-corrected chi connectivity index (χ4v) is 2.73. The van der Waals surface area contributed by atoms with Crippen LogP contribution in [0, 0.1) is 5.92 Å². The van der Waals surface area contributed by atoms with Crippen LogP contribution in [-0.2, 0) is 4.79 Å². The third-order valence-electron chi connectivity index (χ3n) is 4.40. The molecule has 1 unspecified atom stereocenters. The number of carbonyl (C=O) groups is 1. The van der Waals surface area contributed by atoms with Gasteiger partial charge in [0.1, 0.15) is 0 Å². The van der Waals surface area contributed by atoms with E-state index in [4.69, 9.17) is 0 Å². The minimum Gasteiger partial charge on any atom is -0.355 e. The molecule has 4 nitrogen and oxygen atoms in total. The van der Waals surface area contributed by atoms with Crippen molar-refractivity contribution in [1.82, 2.24) is 15.5 Å². The summed E-state index contributed by atoms with van der Waals surface area (Å²) in [5, 5.41) is 6.62. The summed E-state index contributed by atoms with van der Waals surface area (Å²) in [4.78, 5) is 14.3. The van der Waals surface area contributed by atoms with Crippen LogP contribution in [0.5, 0.6) is 0 Å². The van der Waals surface area contributed by atoms with Crippen LogP contribution in [-0.4, -0.2) is 49.1 Å². The third kappa shape index (κ3) is 4.77. The minimum absolute atomic E-state index is 0.0314. The van der Waals surface area contributed by atoms with Crippen molar-refractivity contribution in [3.8, 4) is 0 Å². The van der Waals surface area contributed by atoms with Gasteiger partial charge in [0.2, 0.25) is 5.91 Å². The van der Waals surface area contributed by atoms with Gasteiger partial charge in [-0.3, -0.25) is 9.69 Å². The van der Waals surface area contributed by atoms with Gasteiger partial charge >= 0.3 is 0 Å². The molecule has 2 N–H and O–H groups in total. The largest absolute Gasteiger partial charge is 0.355 e. The number of hydrogen-bond acceptors (Lipinski definition) is 3. The lowest BCUT2D eigenvalue weighted by Crippen LogP contribution is -2.49. The first-order valence-electron chi connectivity index (χ1n) is 7.95. The van der Waals surface area contributed by atoms with Crippen molar-refractivity contribution < 1.29 is 4.79 Å². The van der Waals surface area contributed by atoms with E-state index in [9.17, 15) is 4.79 Å². The maximum Gasteiger partial charge on any atom is 0.237 e. The molecule has 1 saturated heterocycles. The Morgan fingerprint density at radius 3 is 2.53 bits per heavy atom. The van der Waals surface area contributed by atoms with Crippen molar-refractivity contribution in [3.63, 3.8) is 0 Å². The van der Waals surface area contributed by atoms with Crippen LogP contribution in [0.3, 0.4) is 0 Å². The second-order valence-electron chi connectivity index (χ2n) is 6.13. The van der Waals surface area contributed by atoms with Gasteiger partial charge in [0.05, 0.1) is 6.04 Å². The normalized spacial score (nSPS) is 23.3. The summed E-state index contributed by atoms with van der Waals surface area (Å²) in [7, 11) is 0. The molecule has 0 spiro atoms. The Hall–Kier alpha value is -0.610. The maximum absolute atomic E-state index is 11.9. The zero-order valence-corrected chi connectivity index (χ0v) is 12.5. The third-order valence-corrected chi connectivity index (χ3v) is 4.40. The SMILES string of the molecule is CCCNC(=O)C(C)N1CCC(CNC2CC2)CC1. The molecule has 2 rings (SSSR count). The molecule has 0 aromatic heterocycles. The van der Waals surface area contributed by atoms with Crippen molar-refractivity contribution >= 4 is 5.91 Å². The second kappa shape index (κ2) is 7.25. The molecule has 1 saturated carbocycles. The molecule has 0 radical (unpaired) electrons. The van der Waals surface area contributed by atoms with E-state index >= 15 is 0 Å². The molecule has 1 atom stereocenters. The zero-order valence-electron chi connectivity index (χ0n) is 12.5. The Kier molecular flexibility index (Phi) is 5.64. The summed E-state index contributed by atoms with van der Waals surface area (Å²) in [6, 6.07) is 0.848. The first-order chi connectivity index (χ1) is 9.20. The van der Waals surface area contributed by atoms with E-state index in [1.54, 1.807) is 0 Å². The van der Waals surface area contributed by atoms with Gasteiger partial charge in [-0.1, -0.05) is 6.92 Å². The van der Waals surface area contributed by atoms with Crippen LogP contribution in [0.25, 0.3) is 0 Å². The van der Waals surface area contributed by atoms with Gasteiger partial charge in [-0.15, -0.1) is 0 Å². The minimum atomic E-state index is 0.0314. The lowest BCUT2D eigenvalue weighted by molar-refractivity contribution is -0.126. The number of nitrogens with zero attached hydrogens (tertiary/aromatic N) is 1. The molecular weight excluding hydrogens is 238 g/mol. The number of piperidine rings is 1. The summed E-state index contributed by atoms with van der Waals surface area (Å²) in [5.41, 5.74) is 0. The highest BCUT2D eigenvalue weighted by atomic mass is 16.2. The smallest absolute Gasteiger partial charge is 0.237 e. The Morgan fingerprint density at radius 1 is 1.26 bits per heavy atom. The molecule has 19 heavy (non-hydrogen) atoms. The number of hydrogen-bond donors (Lipinski definition) is 2. The van der Waals surface area contributed by atoms with Gasteiger partial charge in [-0.2, -0.15) is 0 Å². The zero-order chi connectivity index (χ0) is 13.7. The van der Waals surface area contributed by atoms with E-state index in [-0.39, 0.29) is 11.9 Å². The Labute approximate surface area is 117 Å². The first-order valence-corrected chi connectivity index (χ1v) is 7.95. The number of amides is 1. The van der Waals surface area contributed by atoms with Gasteiger partial charge in [-0.25, -0.2) is 0 Å². The molecule has 0 aromatic rings. The number of nitrogens with one attached hydrogen (secondary N) is 2. The molecule has 1 aliphatic carbocycles. The van der Waals surface area contributed by atoms with E-state index in [1.165, 1.54) is 32.2 Å². The standard InChI is InChI=1S/C15H29N3O/c1-3-8-16-15(19)12(2)18-9-6-13(7-10-18)11-17-14-4-5-14/h12-14,17H,3-11H2,1-2H3,(H,16,19). The quantitative estimate of drug-likeness (QED) is 0.732. The summed E-state index contributed by atoms with van der Waals surface area (Å²) in [5.74, 6) is 0.999. The predicted molar refractivity (Wildman–Crippen MR) is 78.1 cm³/mol. The lowest BCUT2D eigenvalue weighted by atomic mass is 9.95. The number of likely N-dealkylation sites (tertiary alicyclic amines) is 1. The second-order valence-corrected chi connectivity index (χ2v) is 6.13. The molecule has 0 aromatic carbocycles. The highest BCUT2D eigenvalue weighted by molar-refractivity contribution is 5.81. The number of rotatable bonds is 7. The van der Waals surface area contributed by atoms with Gasteiger partial charge in [-0.05, 0) is 64.6 Å². The van der Waals surface area contributed by atoms with Crippen LogP contribution >= 0.6 is 0 Å². The summed E-state index contributed by atoms with van der Waals surface area (Å²) < 4.78 is 0. The Morgan fingerprint density at radius 2 is 1.95 bits per heavy atom. The molecular formula is C15H29N3O. The highest BCUT2D eigenvalue weighted by Gasteiger charge is 2.27. The molecule has 1 amide bonds. The van der Waals surface area contributed by atoms with Crippen molar-refractivity contribution in [2.24, 2.45) is 5.92 Å². The Bertz CT molecular complexity index is 283. The van der Waals surface area contributed by atoms with Crippen LogP contribution in [0.2, 0.25) is 0 Å². The molecule has 2 fully saturated rings. The van der Waals surface area contributed by atoms with Crippen molar-refractivity contribution in [3.05, 3.63) is 0 Å². The van der Waals surface area contributed by atoms with E-state index < -0.39 is 0 Å². The van der Waals surface area contributed by atoms with Crippen LogP contribution in [0.4, 0.5) is 0 Å². The molecule has 110 valence electrons. The highest BCUT2D eigenvalue weighted by Crippen LogP contribution is 2.22. The van der Waals surface area contributed by atoms with Crippen molar-refractivity contribution in [2.45, 2.75) is 58.0 Å². The predicted octanol–water partition coefficient (Wildman–Crippen LogP) is 1.37. The monoisotopic (exact) mass is 267 g/mol. The summed E-state index contributed by atoms with van der Waals surface area (Å²) >= 11 is 0. The van der Waals surface area contributed by atoms with Crippen LogP contribution in [0.1, 0.15) is 46.0 Å². The van der Waals surface area contributed by atoms with Crippen LogP contribution in [0.15, 0.2) is 0 Å². The van der Waals surface area contributed by atoms with Gasteiger partial charge in [0.25, 0.3) is 0 Å². The van der Waals surface area contributed by atoms with Gasteiger partial charge in [0, 0.05) is 12.6 Å². The summed E-state index contributed by atoms with van der Waals surface area (Å²) in [6.07, 6.45) is 6.20. The first kappa shape index (κ1) is 14.8. The molecule has 0 bridgehead atoms.